The highest BCUT2D eigenvalue weighted by atomic mass is 16.7. The molecule has 0 bridgehead atoms. The topological polar surface area (TPSA) is 105 Å². The van der Waals surface area contributed by atoms with Crippen LogP contribution in [0.1, 0.15) is 30.6 Å². The molecule has 1 heterocycles. The van der Waals surface area contributed by atoms with E-state index in [-0.39, 0.29) is 38.3 Å². The van der Waals surface area contributed by atoms with Gasteiger partial charge < -0.3 is 24.8 Å². The molecule has 2 rings (SSSR count). The fourth-order valence-electron chi connectivity index (χ4n) is 2.28. The minimum absolute atomic E-state index is 0.103. The summed E-state index contributed by atoms with van der Waals surface area (Å²) in [6.45, 7) is 3.60. The van der Waals surface area contributed by atoms with E-state index in [4.69, 9.17) is 14.6 Å². The minimum Gasteiger partial charge on any atom is -0.481 e. The smallest absolute Gasteiger partial charge is 0.305 e. The Labute approximate surface area is 139 Å². The first-order valence-corrected chi connectivity index (χ1v) is 7.57. The summed E-state index contributed by atoms with van der Waals surface area (Å²) in [5.74, 6) is -0.664. The van der Waals surface area contributed by atoms with Gasteiger partial charge in [-0.3, -0.25) is 14.4 Å². The van der Waals surface area contributed by atoms with Crippen molar-refractivity contribution in [1.82, 2.24) is 10.2 Å². The van der Waals surface area contributed by atoms with Gasteiger partial charge in [0.25, 0.3) is 5.91 Å². The fraction of sp³-hybridized carbons (Fsp3) is 0.438. The summed E-state index contributed by atoms with van der Waals surface area (Å²) < 4.78 is 10.4. The van der Waals surface area contributed by atoms with Gasteiger partial charge in [0.2, 0.25) is 12.7 Å². The van der Waals surface area contributed by atoms with E-state index >= 15 is 0 Å². The number of carbonyl (C=O) groups excluding carboxylic acids is 2. The first-order valence-electron chi connectivity index (χ1n) is 7.57. The first-order chi connectivity index (χ1) is 11.4. The lowest BCUT2D eigenvalue weighted by atomic mass is 10.2. The Kier molecular flexibility index (Phi) is 5.62. The van der Waals surface area contributed by atoms with Crippen LogP contribution in [-0.2, 0) is 9.59 Å². The molecular weight excluding hydrogens is 316 g/mol. The summed E-state index contributed by atoms with van der Waals surface area (Å²) in [7, 11) is 0. The van der Waals surface area contributed by atoms with E-state index in [0.717, 1.165) is 0 Å². The lowest BCUT2D eigenvalue weighted by Gasteiger charge is -2.26. The average molecular weight is 336 g/mol. The van der Waals surface area contributed by atoms with Crippen LogP contribution in [-0.4, -0.2) is 53.7 Å². The number of rotatable bonds is 7. The van der Waals surface area contributed by atoms with Crippen molar-refractivity contribution in [3.05, 3.63) is 23.8 Å². The molecule has 2 amide bonds. The van der Waals surface area contributed by atoms with Crippen LogP contribution < -0.4 is 14.8 Å². The number of carbonyl (C=O) groups is 3. The molecule has 1 aromatic rings. The van der Waals surface area contributed by atoms with Gasteiger partial charge in [0.1, 0.15) is 0 Å². The molecule has 0 saturated heterocycles. The van der Waals surface area contributed by atoms with Crippen molar-refractivity contribution in [2.75, 3.05) is 19.9 Å². The first kappa shape index (κ1) is 17.6. The summed E-state index contributed by atoms with van der Waals surface area (Å²) in [5.41, 5.74) is 0.355. The number of hydrogen-bond acceptors (Lipinski definition) is 5. The lowest BCUT2D eigenvalue weighted by Crippen LogP contribution is -2.44. The van der Waals surface area contributed by atoms with Crippen molar-refractivity contribution in [3.63, 3.8) is 0 Å². The molecule has 0 radical (unpaired) electrons. The third-order valence-electron chi connectivity index (χ3n) is 3.55. The lowest BCUT2D eigenvalue weighted by molar-refractivity contribution is -0.138. The molecule has 2 N–H and O–H groups in total. The number of carboxylic acid groups (broad SMARTS) is 1. The molecule has 8 heteroatoms. The largest absolute Gasteiger partial charge is 0.481 e. The number of fused-ring (bicyclic) bond motifs is 1. The molecule has 1 aliphatic heterocycles. The predicted octanol–water partition coefficient (Wildman–Crippen LogP) is 0.857. The van der Waals surface area contributed by atoms with E-state index in [9.17, 15) is 14.4 Å². The summed E-state index contributed by atoms with van der Waals surface area (Å²) in [6.07, 6.45) is -0.139. The molecule has 0 spiro atoms. The van der Waals surface area contributed by atoms with Crippen molar-refractivity contribution in [3.8, 4) is 11.5 Å². The summed E-state index contributed by atoms with van der Waals surface area (Å²) >= 11 is 0. The Bertz CT molecular complexity index is 643. The van der Waals surface area contributed by atoms with Crippen LogP contribution in [0.3, 0.4) is 0 Å². The molecule has 0 atom stereocenters. The Morgan fingerprint density at radius 3 is 2.62 bits per heavy atom. The second kappa shape index (κ2) is 7.67. The number of nitrogens with one attached hydrogen (secondary N) is 1. The van der Waals surface area contributed by atoms with E-state index in [0.29, 0.717) is 17.1 Å². The van der Waals surface area contributed by atoms with Crippen LogP contribution in [0, 0.1) is 0 Å². The summed E-state index contributed by atoms with van der Waals surface area (Å²) in [4.78, 5) is 36.4. The van der Waals surface area contributed by atoms with Crippen molar-refractivity contribution in [2.24, 2.45) is 0 Å². The Morgan fingerprint density at radius 1 is 1.25 bits per heavy atom. The highest BCUT2D eigenvalue weighted by Gasteiger charge is 2.20. The molecule has 8 nitrogen and oxygen atoms in total. The quantitative estimate of drug-likeness (QED) is 0.765. The predicted molar refractivity (Wildman–Crippen MR) is 84.0 cm³/mol. The zero-order valence-corrected chi connectivity index (χ0v) is 13.6. The Balaban J connectivity index is 1.92. The van der Waals surface area contributed by atoms with E-state index in [1.807, 2.05) is 0 Å². The molecule has 0 saturated carbocycles. The van der Waals surface area contributed by atoms with Gasteiger partial charge >= 0.3 is 5.97 Å². The SMILES string of the molecule is CC(C)N(CCC(=O)O)C(=O)CNC(=O)c1ccc2c(c1)OCO2. The van der Waals surface area contributed by atoms with Crippen LogP contribution in [0.25, 0.3) is 0 Å². The molecule has 0 aromatic heterocycles. The summed E-state index contributed by atoms with van der Waals surface area (Å²) in [5, 5.41) is 11.3. The van der Waals surface area contributed by atoms with Crippen LogP contribution in [0.5, 0.6) is 11.5 Å². The van der Waals surface area contributed by atoms with E-state index in [1.54, 1.807) is 32.0 Å². The third kappa shape index (κ3) is 4.37. The van der Waals surface area contributed by atoms with Crippen molar-refractivity contribution >= 4 is 17.8 Å². The van der Waals surface area contributed by atoms with E-state index < -0.39 is 11.9 Å². The standard InChI is InChI=1S/C16H20N2O6/c1-10(2)18(6-5-15(20)21)14(19)8-17-16(22)11-3-4-12-13(7-11)24-9-23-12/h3-4,7,10H,5-6,8-9H2,1-2H3,(H,17,22)(H,20,21). The molecule has 0 fully saturated rings. The molecule has 24 heavy (non-hydrogen) atoms. The molecule has 1 aromatic carbocycles. The normalized spacial score (nSPS) is 12.1. The Morgan fingerprint density at radius 2 is 1.96 bits per heavy atom. The van der Waals surface area contributed by atoms with Gasteiger partial charge in [-0.1, -0.05) is 0 Å². The number of hydrogen-bond donors (Lipinski definition) is 2. The van der Waals surface area contributed by atoms with Gasteiger partial charge in [0.15, 0.2) is 11.5 Å². The molecular formula is C16H20N2O6. The van der Waals surface area contributed by atoms with Gasteiger partial charge in [-0.2, -0.15) is 0 Å². The number of amides is 2. The zero-order valence-electron chi connectivity index (χ0n) is 13.6. The average Bonchev–Trinajstić information content (AvgIpc) is 2.99. The number of nitrogens with zero attached hydrogens (tertiary/aromatic N) is 1. The van der Waals surface area contributed by atoms with Gasteiger partial charge in [-0.15, -0.1) is 0 Å². The maximum atomic E-state index is 12.2. The molecule has 130 valence electrons. The number of benzene rings is 1. The van der Waals surface area contributed by atoms with Gasteiger partial charge in [-0.05, 0) is 32.0 Å². The molecule has 0 unspecified atom stereocenters. The van der Waals surface area contributed by atoms with Gasteiger partial charge in [-0.25, -0.2) is 0 Å². The minimum atomic E-state index is -0.974. The van der Waals surface area contributed by atoms with Crippen molar-refractivity contribution in [2.45, 2.75) is 26.3 Å². The van der Waals surface area contributed by atoms with Crippen LogP contribution in [0.15, 0.2) is 18.2 Å². The Hall–Kier alpha value is -2.77. The maximum absolute atomic E-state index is 12.2. The van der Waals surface area contributed by atoms with Crippen molar-refractivity contribution < 1.29 is 29.0 Å². The molecule has 0 aliphatic carbocycles. The fourth-order valence-corrected chi connectivity index (χ4v) is 2.28. The number of carboxylic acids is 1. The van der Waals surface area contributed by atoms with Crippen LogP contribution in [0.4, 0.5) is 0 Å². The highest BCUT2D eigenvalue weighted by Crippen LogP contribution is 2.32. The number of ether oxygens (including phenoxy) is 2. The van der Waals surface area contributed by atoms with Crippen LogP contribution >= 0.6 is 0 Å². The van der Waals surface area contributed by atoms with E-state index in [1.165, 1.54) is 4.90 Å². The van der Waals surface area contributed by atoms with Crippen molar-refractivity contribution in [1.29, 1.82) is 0 Å². The maximum Gasteiger partial charge on any atom is 0.305 e. The number of aliphatic carboxylic acids is 1. The third-order valence-corrected chi connectivity index (χ3v) is 3.55. The second-order valence-corrected chi connectivity index (χ2v) is 5.58. The monoisotopic (exact) mass is 336 g/mol. The highest BCUT2D eigenvalue weighted by molar-refractivity contribution is 5.97. The van der Waals surface area contributed by atoms with E-state index in [2.05, 4.69) is 5.32 Å². The second-order valence-electron chi connectivity index (χ2n) is 5.58. The van der Waals surface area contributed by atoms with Gasteiger partial charge in [0, 0.05) is 18.2 Å². The summed E-state index contributed by atoms with van der Waals surface area (Å²) in [6, 6.07) is 4.61. The molecule has 1 aliphatic rings. The zero-order chi connectivity index (χ0) is 17.7. The van der Waals surface area contributed by atoms with Crippen LogP contribution in [0.2, 0.25) is 0 Å². The van der Waals surface area contributed by atoms with Gasteiger partial charge in [0.05, 0.1) is 13.0 Å².